The van der Waals surface area contributed by atoms with Crippen molar-refractivity contribution in [3.8, 4) is 39.6 Å². The van der Waals surface area contributed by atoms with Gasteiger partial charge in [-0.3, -0.25) is 0 Å². The van der Waals surface area contributed by atoms with E-state index in [1.165, 1.54) is 33.4 Å². The first-order valence-corrected chi connectivity index (χ1v) is 13.8. The summed E-state index contributed by atoms with van der Waals surface area (Å²) in [6.07, 6.45) is 2.18. The van der Waals surface area contributed by atoms with Crippen molar-refractivity contribution in [2.45, 2.75) is 40.0 Å². The molecule has 0 spiro atoms. The molecule has 0 saturated carbocycles. The fourth-order valence-corrected chi connectivity index (χ4v) is 6.69. The van der Waals surface area contributed by atoms with Crippen LogP contribution < -0.4 is 4.57 Å². The van der Waals surface area contributed by atoms with Crippen LogP contribution in [-0.2, 0) is 12.5 Å². The van der Waals surface area contributed by atoms with Crippen molar-refractivity contribution in [2.75, 3.05) is 0 Å². The maximum Gasteiger partial charge on any atom is 0.216 e. The number of rotatable bonds is 2. The van der Waals surface area contributed by atoms with Crippen molar-refractivity contribution in [1.82, 2.24) is 0 Å². The van der Waals surface area contributed by atoms with E-state index in [0.717, 1.165) is 49.9 Å². The molecule has 0 aliphatic heterocycles. The Bertz CT molecular complexity index is 2080. The van der Waals surface area contributed by atoms with E-state index in [4.69, 9.17) is 4.42 Å². The van der Waals surface area contributed by atoms with E-state index >= 15 is 0 Å². The maximum atomic E-state index is 10.2. The molecule has 0 amide bonds. The number of benzene rings is 4. The van der Waals surface area contributed by atoms with Crippen LogP contribution >= 0.6 is 0 Å². The van der Waals surface area contributed by atoms with Crippen molar-refractivity contribution in [3.05, 3.63) is 112 Å². The van der Waals surface area contributed by atoms with Gasteiger partial charge in [0.1, 0.15) is 18.2 Å². The molecule has 4 aromatic carbocycles. The van der Waals surface area contributed by atoms with Gasteiger partial charge >= 0.3 is 0 Å². The van der Waals surface area contributed by atoms with Crippen LogP contribution in [0.4, 0.5) is 0 Å². The number of nitrogens with zero attached hydrogens (tertiary/aromatic N) is 2. The molecule has 0 N–H and O–H groups in total. The van der Waals surface area contributed by atoms with E-state index in [1.807, 2.05) is 12.1 Å². The van der Waals surface area contributed by atoms with Crippen LogP contribution in [0.15, 0.2) is 83.4 Å². The van der Waals surface area contributed by atoms with Gasteiger partial charge in [0.25, 0.3) is 0 Å². The van der Waals surface area contributed by atoms with Gasteiger partial charge in [0.2, 0.25) is 5.69 Å². The average Bonchev–Trinajstić information content (AvgIpc) is 3.43. The highest BCUT2D eigenvalue weighted by molar-refractivity contribution is 6.14. The second kappa shape index (κ2) is 8.41. The molecule has 2 heterocycles. The van der Waals surface area contributed by atoms with Crippen molar-refractivity contribution >= 4 is 21.9 Å². The monoisotopic (exact) mass is 519 g/mol. The fourth-order valence-electron chi connectivity index (χ4n) is 6.69. The highest BCUT2D eigenvalue weighted by Gasteiger charge is 2.35. The first-order valence-electron chi connectivity index (χ1n) is 13.8. The maximum absolute atomic E-state index is 10.2. The summed E-state index contributed by atoms with van der Waals surface area (Å²) in [6, 6.07) is 28.3. The molecule has 0 saturated heterocycles. The largest absolute Gasteiger partial charge is 0.454 e. The van der Waals surface area contributed by atoms with Gasteiger partial charge in [-0.1, -0.05) is 62.4 Å². The van der Waals surface area contributed by atoms with E-state index in [0.29, 0.717) is 5.56 Å². The van der Waals surface area contributed by atoms with E-state index < -0.39 is 0 Å². The highest BCUT2D eigenvalue weighted by Crippen LogP contribution is 2.50. The summed E-state index contributed by atoms with van der Waals surface area (Å²) in [5.74, 6) is 0. The minimum absolute atomic E-state index is 0.126. The van der Waals surface area contributed by atoms with Gasteiger partial charge in [-0.2, -0.15) is 5.26 Å². The minimum Gasteiger partial charge on any atom is -0.454 e. The van der Waals surface area contributed by atoms with Gasteiger partial charge in [0.05, 0.1) is 17.2 Å². The predicted molar refractivity (Wildman–Crippen MR) is 162 cm³/mol. The molecule has 2 aromatic heterocycles. The van der Waals surface area contributed by atoms with Crippen LogP contribution in [0, 0.1) is 32.1 Å². The molecule has 0 fully saturated rings. The molecular weight excluding hydrogens is 488 g/mol. The molecular formula is C37H31N2O+. The molecule has 6 aromatic rings. The summed E-state index contributed by atoms with van der Waals surface area (Å²) in [7, 11) is 2.09. The van der Waals surface area contributed by atoms with Crippen LogP contribution in [0.2, 0.25) is 0 Å². The van der Waals surface area contributed by atoms with Crippen molar-refractivity contribution < 1.29 is 8.98 Å². The van der Waals surface area contributed by atoms with Crippen molar-refractivity contribution in [2.24, 2.45) is 7.05 Å². The zero-order valence-electron chi connectivity index (χ0n) is 23.8. The normalized spacial score (nSPS) is 13.4. The average molecular weight is 520 g/mol. The Morgan fingerprint density at radius 2 is 1.43 bits per heavy atom. The number of hydrogen-bond acceptors (Lipinski definition) is 2. The third-order valence-corrected chi connectivity index (χ3v) is 9.01. The quantitative estimate of drug-likeness (QED) is 0.214. The highest BCUT2D eigenvalue weighted by atomic mass is 16.3. The number of furan rings is 1. The molecule has 0 bridgehead atoms. The van der Waals surface area contributed by atoms with Gasteiger partial charge in [-0.25, -0.2) is 4.57 Å². The van der Waals surface area contributed by atoms with Gasteiger partial charge in [-0.05, 0) is 77.9 Å². The lowest BCUT2D eigenvalue weighted by Crippen LogP contribution is -2.31. The molecule has 0 unspecified atom stereocenters. The molecule has 7 rings (SSSR count). The van der Waals surface area contributed by atoms with Crippen molar-refractivity contribution in [3.63, 3.8) is 0 Å². The zero-order chi connectivity index (χ0) is 27.9. The SMILES string of the molecule is Cc1cc(-c2c(C)ccc3c2oc2c(-c4ccc5c(c4)C(C)(C)c4ccccc4-5)c(C#N)ccc23)[n+](C)cc1C. The third-order valence-electron chi connectivity index (χ3n) is 9.01. The van der Waals surface area contributed by atoms with E-state index in [9.17, 15) is 5.26 Å². The van der Waals surface area contributed by atoms with Crippen LogP contribution in [0.1, 0.15) is 47.2 Å². The second-order valence-corrected chi connectivity index (χ2v) is 11.8. The molecule has 40 heavy (non-hydrogen) atoms. The molecule has 0 radical (unpaired) electrons. The third kappa shape index (κ3) is 3.26. The molecule has 194 valence electrons. The summed E-state index contributed by atoms with van der Waals surface area (Å²) in [6.45, 7) is 11.0. The lowest BCUT2D eigenvalue weighted by atomic mass is 9.81. The number of aryl methyl sites for hydroxylation is 4. The lowest BCUT2D eigenvalue weighted by Gasteiger charge is -2.22. The van der Waals surface area contributed by atoms with Gasteiger partial charge in [-0.15, -0.1) is 0 Å². The first-order chi connectivity index (χ1) is 19.2. The molecule has 1 aliphatic carbocycles. The number of pyridine rings is 1. The Kier molecular flexibility index (Phi) is 5.12. The smallest absolute Gasteiger partial charge is 0.216 e. The molecule has 0 atom stereocenters. The number of hydrogen-bond donors (Lipinski definition) is 0. The second-order valence-electron chi connectivity index (χ2n) is 11.8. The molecule has 1 aliphatic rings. The Morgan fingerprint density at radius 1 is 0.725 bits per heavy atom. The fraction of sp³-hybridized carbons (Fsp3) is 0.189. The van der Waals surface area contributed by atoms with Crippen LogP contribution in [0.25, 0.3) is 55.4 Å². The topological polar surface area (TPSA) is 40.8 Å². The Balaban J connectivity index is 1.52. The number of fused-ring (bicyclic) bond motifs is 6. The zero-order valence-corrected chi connectivity index (χ0v) is 23.8. The first kappa shape index (κ1) is 24.4. The Morgan fingerprint density at radius 3 is 2.20 bits per heavy atom. The minimum atomic E-state index is -0.126. The summed E-state index contributed by atoms with van der Waals surface area (Å²) in [5.41, 5.74) is 15.0. The number of nitriles is 1. The van der Waals surface area contributed by atoms with Crippen LogP contribution in [0.5, 0.6) is 0 Å². The Labute approximate surface area is 234 Å². The van der Waals surface area contributed by atoms with Gasteiger partial charge in [0.15, 0.2) is 6.20 Å². The molecule has 3 nitrogen and oxygen atoms in total. The van der Waals surface area contributed by atoms with E-state index in [1.54, 1.807) is 0 Å². The Hall–Kier alpha value is -4.68. The summed E-state index contributed by atoms with van der Waals surface area (Å²) >= 11 is 0. The molecule has 3 heteroatoms. The van der Waals surface area contributed by atoms with E-state index in [2.05, 4.69) is 119 Å². The summed E-state index contributed by atoms with van der Waals surface area (Å²) < 4.78 is 9.02. The lowest BCUT2D eigenvalue weighted by molar-refractivity contribution is -0.660. The van der Waals surface area contributed by atoms with Crippen LogP contribution in [-0.4, -0.2) is 0 Å². The van der Waals surface area contributed by atoms with Crippen LogP contribution in [0.3, 0.4) is 0 Å². The predicted octanol–water partition coefficient (Wildman–Crippen LogP) is 8.85. The summed E-state index contributed by atoms with van der Waals surface area (Å²) in [5, 5.41) is 12.3. The number of aromatic nitrogens is 1. The van der Waals surface area contributed by atoms with E-state index in [-0.39, 0.29) is 5.41 Å². The van der Waals surface area contributed by atoms with Gasteiger partial charge < -0.3 is 4.42 Å². The standard InChI is InChI=1S/C37H31N2O/c1-21-11-14-28-29-16-13-25(19-38)34(36(29)40-35(28)33(21)32-17-22(2)23(3)20-39(32)6)24-12-15-27-26-9-7-8-10-30(26)37(4,5)31(27)18-24/h7-18,20H,1-6H3/q+1. The van der Waals surface area contributed by atoms with Crippen molar-refractivity contribution in [1.29, 1.82) is 5.26 Å². The van der Waals surface area contributed by atoms with Gasteiger partial charge in [0, 0.05) is 33.4 Å². The summed E-state index contributed by atoms with van der Waals surface area (Å²) in [4.78, 5) is 0.